The molecule has 4 nitrogen and oxygen atoms in total. The van der Waals surface area contributed by atoms with Crippen LogP contribution < -0.4 is 5.73 Å². The fourth-order valence-corrected chi connectivity index (χ4v) is 3.20. The van der Waals surface area contributed by atoms with Gasteiger partial charge >= 0.3 is 0 Å². The Labute approximate surface area is 127 Å². The molecule has 2 aromatic heterocycles. The number of benzene rings is 1. The van der Waals surface area contributed by atoms with Crippen LogP contribution in [-0.2, 0) is 11.2 Å². The molecule has 3 rings (SSSR count). The van der Waals surface area contributed by atoms with E-state index in [-0.39, 0.29) is 12.3 Å². The van der Waals surface area contributed by atoms with Gasteiger partial charge in [-0.3, -0.25) is 9.78 Å². The molecule has 0 radical (unpaired) electrons. The molecule has 0 unspecified atom stereocenters. The molecule has 2 heterocycles. The number of fused-ring (bicyclic) bond motifs is 1. The van der Waals surface area contributed by atoms with Gasteiger partial charge in [0.1, 0.15) is 5.01 Å². The summed E-state index contributed by atoms with van der Waals surface area (Å²) in [5.74, 6) is -0.364. The first-order valence-corrected chi connectivity index (χ1v) is 7.51. The molecule has 0 aliphatic heterocycles. The van der Waals surface area contributed by atoms with Crippen LogP contribution in [0.1, 0.15) is 5.56 Å². The molecule has 1 aromatic carbocycles. The molecule has 0 saturated heterocycles. The normalized spacial score (nSPS) is 10.8. The van der Waals surface area contributed by atoms with E-state index in [9.17, 15) is 4.79 Å². The van der Waals surface area contributed by atoms with Crippen molar-refractivity contribution in [2.75, 3.05) is 0 Å². The number of carbonyl (C=O) groups is 1. The monoisotopic (exact) mass is 347 g/mol. The highest BCUT2D eigenvalue weighted by molar-refractivity contribution is 9.10. The topological polar surface area (TPSA) is 68.9 Å². The van der Waals surface area contributed by atoms with Crippen LogP contribution >= 0.6 is 27.3 Å². The van der Waals surface area contributed by atoms with E-state index < -0.39 is 0 Å². The van der Waals surface area contributed by atoms with Gasteiger partial charge in [-0.05, 0) is 29.8 Å². The van der Waals surface area contributed by atoms with E-state index in [1.807, 2.05) is 24.3 Å². The van der Waals surface area contributed by atoms with Crippen LogP contribution in [0.5, 0.6) is 0 Å². The van der Waals surface area contributed by atoms with Gasteiger partial charge in [0.25, 0.3) is 0 Å². The molecule has 1 amide bonds. The van der Waals surface area contributed by atoms with Crippen molar-refractivity contribution in [1.29, 1.82) is 0 Å². The molecule has 20 heavy (non-hydrogen) atoms. The highest BCUT2D eigenvalue weighted by Crippen LogP contribution is 2.31. The summed E-state index contributed by atoms with van der Waals surface area (Å²) in [5, 5.41) is 0.886. The lowest BCUT2D eigenvalue weighted by Crippen LogP contribution is -2.13. The Kier molecular flexibility index (Phi) is 3.50. The number of carbonyl (C=O) groups excluding carboxylic acids is 1. The molecule has 0 spiro atoms. The van der Waals surface area contributed by atoms with E-state index in [0.29, 0.717) is 0 Å². The quantitative estimate of drug-likeness (QED) is 0.791. The zero-order valence-electron chi connectivity index (χ0n) is 10.3. The number of rotatable bonds is 3. The van der Waals surface area contributed by atoms with Gasteiger partial charge in [-0.1, -0.05) is 15.9 Å². The summed E-state index contributed by atoms with van der Waals surface area (Å²) in [6.07, 6.45) is 3.59. The zero-order chi connectivity index (χ0) is 14.1. The lowest BCUT2D eigenvalue weighted by molar-refractivity contribution is -0.117. The second kappa shape index (κ2) is 5.30. The molecule has 3 aromatic rings. The first kappa shape index (κ1) is 13.2. The Hall–Kier alpha value is -1.79. The molecule has 100 valence electrons. The van der Waals surface area contributed by atoms with Crippen molar-refractivity contribution in [3.8, 4) is 10.6 Å². The minimum Gasteiger partial charge on any atom is -0.369 e. The predicted molar refractivity (Wildman–Crippen MR) is 83.4 cm³/mol. The predicted octanol–water partition coefficient (Wildman–Crippen LogP) is 3.15. The Morgan fingerprint density at radius 2 is 2.15 bits per heavy atom. The third kappa shape index (κ3) is 2.71. The molecule has 0 saturated carbocycles. The first-order chi connectivity index (χ1) is 9.61. The summed E-state index contributed by atoms with van der Waals surface area (Å²) in [6.45, 7) is 0. The number of amides is 1. The molecule has 0 fully saturated rings. The molecule has 0 aliphatic carbocycles. The molecule has 0 aliphatic rings. The van der Waals surface area contributed by atoms with E-state index in [0.717, 1.165) is 30.8 Å². The van der Waals surface area contributed by atoms with Crippen LogP contribution in [0.15, 0.2) is 41.1 Å². The third-order valence-electron chi connectivity index (χ3n) is 2.77. The Morgan fingerprint density at radius 3 is 2.95 bits per heavy atom. The summed E-state index contributed by atoms with van der Waals surface area (Å²) in [7, 11) is 0. The van der Waals surface area contributed by atoms with Crippen LogP contribution in [0.3, 0.4) is 0 Å². The SMILES string of the molecule is NC(=O)Cc1cncc(-c2nc3cc(Br)ccc3s2)c1. The summed E-state index contributed by atoms with van der Waals surface area (Å²) in [6, 6.07) is 7.91. The number of hydrogen-bond acceptors (Lipinski definition) is 4. The lowest BCUT2D eigenvalue weighted by Gasteiger charge is -1.99. The van der Waals surface area contributed by atoms with Crippen LogP contribution in [-0.4, -0.2) is 15.9 Å². The number of pyridine rings is 1. The third-order valence-corrected chi connectivity index (χ3v) is 4.35. The maximum Gasteiger partial charge on any atom is 0.221 e. The molecule has 2 N–H and O–H groups in total. The van der Waals surface area contributed by atoms with E-state index in [4.69, 9.17) is 5.73 Å². The number of primary amides is 1. The van der Waals surface area contributed by atoms with E-state index >= 15 is 0 Å². The van der Waals surface area contributed by atoms with Gasteiger partial charge in [-0.2, -0.15) is 0 Å². The van der Waals surface area contributed by atoms with Crippen molar-refractivity contribution in [2.45, 2.75) is 6.42 Å². The minimum atomic E-state index is -0.364. The van der Waals surface area contributed by atoms with E-state index in [1.165, 1.54) is 0 Å². The molecule has 0 atom stereocenters. The van der Waals surface area contributed by atoms with Gasteiger partial charge < -0.3 is 5.73 Å². The highest BCUT2D eigenvalue weighted by atomic mass is 79.9. The minimum absolute atomic E-state index is 0.192. The maximum atomic E-state index is 11.0. The van der Waals surface area contributed by atoms with Crippen molar-refractivity contribution in [2.24, 2.45) is 5.73 Å². The Morgan fingerprint density at radius 1 is 1.30 bits per heavy atom. The second-order valence-electron chi connectivity index (χ2n) is 4.36. The summed E-state index contributed by atoms with van der Waals surface area (Å²) >= 11 is 5.04. The molecular formula is C14H10BrN3OS. The standard InChI is InChI=1S/C14H10BrN3OS/c15-10-1-2-12-11(5-10)18-14(20-12)9-3-8(4-13(16)19)6-17-7-9/h1-3,5-7H,4H2,(H2,16,19). The summed E-state index contributed by atoms with van der Waals surface area (Å²) < 4.78 is 2.12. The summed E-state index contributed by atoms with van der Waals surface area (Å²) in [5.41, 5.74) is 7.86. The largest absolute Gasteiger partial charge is 0.369 e. The molecule has 0 bridgehead atoms. The van der Waals surface area contributed by atoms with Crippen LogP contribution in [0.25, 0.3) is 20.8 Å². The Balaban J connectivity index is 2.03. The summed E-state index contributed by atoms with van der Waals surface area (Å²) in [4.78, 5) is 19.7. The highest BCUT2D eigenvalue weighted by Gasteiger charge is 2.08. The average Bonchev–Trinajstić information content (AvgIpc) is 2.81. The second-order valence-corrected chi connectivity index (χ2v) is 6.30. The fourth-order valence-electron chi connectivity index (χ4n) is 1.93. The van der Waals surface area contributed by atoms with E-state index in [2.05, 4.69) is 25.9 Å². The first-order valence-electron chi connectivity index (χ1n) is 5.90. The number of hydrogen-bond donors (Lipinski definition) is 1. The van der Waals surface area contributed by atoms with Crippen LogP contribution in [0, 0.1) is 0 Å². The van der Waals surface area contributed by atoms with Crippen molar-refractivity contribution in [3.63, 3.8) is 0 Å². The van der Waals surface area contributed by atoms with Crippen molar-refractivity contribution >= 4 is 43.4 Å². The number of aromatic nitrogens is 2. The van der Waals surface area contributed by atoms with Crippen LogP contribution in [0.2, 0.25) is 0 Å². The van der Waals surface area contributed by atoms with Gasteiger partial charge in [-0.15, -0.1) is 11.3 Å². The average molecular weight is 348 g/mol. The van der Waals surface area contributed by atoms with Crippen molar-refractivity contribution in [3.05, 3.63) is 46.7 Å². The van der Waals surface area contributed by atoms with Crippen molar-refractivity contribution < 1.29 is 4.79 Å². The number of nitrogens with two attached hydrogens (primary N) is 1. The molecular weight excluding hydrogens is 338 g/mol. The van der Waals surface area contributed by atoms with E-state index in [1.54, 1.807) is 23.7 Å². The number of thiazole rings is 1. The number of halogens is 1. The maximum absolute atomic E-state index is 11.0. The Bertz CT molecular complexity index is 800. The van der Waals surface area contributed by atoms with Gasteiger partial charge in [0.15, 0.2) is 0 Å². The van der Waals surface area contributed by atoms with Gasteiger partial charge in [0.2, 0.25) is 5.91 Å². The van der Waals surface area contributed by atoms with Gasteiger partial charge in [0, 0.05) is 22.4 Å². The van der Waals surface area contributed by atoms with Gasteiger partial charge in [-0.25, -0.2) is 4.98 Å². The fraction of sp³-hybridized carbons (Fsp3) is 0.0714. The van der Waals surface area contributed by atoms with Crippen molar-refractivity contribution in [1.82, 2.24) is 9.97 Å². The number of nitrogens with zero attached hydrogens (tertiary/aromatic N) is 2. The zero-order valence-corrected chi connectivity index (χ0v) is 12.7. The smallest absolute Gasteiger partial charge is 0.221 e. The molecule has 6 heteroatoms. The van der Waals surface area contributed by atoms with Gasteiger partial charge in [0.05, 0.1) is 16.6 Å². The van der Waals surface area contributed by atoms with Crippen LogP contribution in [0.4, 0.5) is 0 Å². The lowest BCUT2D eigenvalue weighted by atomic mass is 10.1.